The summed E-state index contributed by atoms with van der Waals surface area (Å²) in [6.45, 7) is 7.49. The second-order valence-electron chi connectivity index (χ2n) is 5.89. The van der Waals surface area contributed by atoms with E-state index in [1.54, 1.807) is 0 Å². The third kappa shape index (κ3) is 3.04. The molecule has 19 heavy (non-hydrogen) atoms. The van der Waals surface area contributed by atoms with Crippen molar-refractivity contribution in [3.63, 3.8) is 0 Å². The number of nitrogens with one attached hydrogen (secondary N) is 1. The van der Waals surface area contributed by atoms with E-state index in [-0.39, 0.29) is 5.60 Å². The van der Waals surface area contributed by atoms with Crippen molar-refractivity contribution in [2.45, 2.75) is 58.1 Å². The Bertz CT molecular complexity index is 399. The zero-order valence-corrected chi connectivity index (χ0v) is 13.5. The van der Waals surface area contributed by atoms with Crippen LogP contribution in [-0.4, -0.2) is 19.3 Å². The van der Waals surface area contributed by atoms with Crippen LogP contribution in [-0.2, 0) is 4.74 Å². The van der Waals surface area contributed by atoms with Crippen molar-refractivity contribution in [3.05, 3.63) is 21.9 Å². The van der Waals surface area contributed by atoms with E-state index in [0.717, 1.165) is 12.5 Å². The molecule has 0 bridgehead atoms. The summed E-state index contributed by atoms with van der Waals surface area (Å²) in [6.07, 6.45) is 4.97. The molecule has 1 fully saturated rings. The molecule has 2 nitrogen and oxygen atoms in total. The molecule has 1 aromatic heterocycles. The summed E-state index contributed by atoms with van der Waals surface area (Å²) >= 11 is 1.86. The van der Waals surface area contributed by atoms with Gasteiger partial charge < -0.3 is 10.1 Å². The Kier molecular flexibility index (Phi) is 5.04. The Hall–Kier alpha value is -0.380. The van der Waals surface area contributed by atoms with Crippen LogP contribution in [0.4, 0.5) is 0 Å². The van der Waals surface area contributed by atoms with E-state index < -0.39 is 0 Å². The molecular formula is C16H27NOS. The summed E-state index contributed by atoms with van der Waals surface area (Å²) in [4.78, 5) is 1.45. The average Bonchev–Trinajstić information content (AvgIpc) is 2.77. The lowest BCUT2D eigenvalue weighted by atomic mass is 9.73. The molecule has 3 unspecified atom stereocenters. The van der Waals surface area contributed by atoms with Crippen LogP contribution >= 0.6 is 11.3 Å². The molecule has 108 valence electrons. The predicted molar refractivity (Wildman–Crippen MR) is 82.8 cm³/mol. The van der Waals surface area contributed by atoms with Gasteiger partial charge in [-0.25, -0.2) is 0 Å². The molecule has 1 aromatic rings. The SMILES string of the molecule is CCOC1(C(NC)c2sccc2C)CCCC(C)C1. The monoisotopic (exact) mass is 281 g/mol. The first kappa shape index (κ1) is 15.0. The minimum Gasteiger partial charge on any atom is -0.373 e. The number of hydrogen-bond acceptors (Lipinski definition) is 3. The fraction of sp³-hybridized carbons (Fsp3) is 0.750. The van der Waals surface area contributed by atoms with Crippen LogP contribution in [0.1, 0.15) is 56.0 Å². The first-order chi connectivity index (χ1) is 9.13. The van der Waals surface area contributed by atoms with Gasteiger partial charge in [0.05, 0.1) is 11.6 Å². The molecule has 2 rings (SSSR count). The van der Waals surface area contributed by atoms with Crippen molar-refractivity contribution in [3.8, 4) is 0 Å². The second-order valence-corrected chi connectivity index (χ2v) is 6.84. The summed E-state index contributed by atoms with van der Waals surface area (Å²) in [5, 5.41) is 5.74. The summed E-state index contributed by atoms with van der Waals surface area (Å²) < 4.78 is 6.32. The Balaban J connectivity index is 2.32. The Morgan fingerprint density at radius 3 is 2.89 bits per heavy atom. The van der Waals surface area contributed by atoms with Gasteiger partial charge in [-0.2, -0.15) is 0 Å². The van der Waals surface area contributed by atoms with Crippen molar-refractivity contribution in [1.29, 1.82) is 0 Å². The number of aryl methyl sites for hydroxylation is 1. The fourth-order valence-corrected chi connectivity index (χ4v) is 4.76. The number of ether oxygens (including phenoxy) is 1. The molecule has 0 amide bonds. The van der Waals surface area contributed by atoms with E-state index in [1.807, 2.05) is 11.3 Å². The van der Waals surface area contributed by atoms with Crippen LogP contribution in [0.25, 0.3) is 0 Å². The first-order valence-electron chi connectivity index (χ1n) is 7.48. The Morgan fingerprint density at radius 2 is 2.37 bits per heavy atom. The van der Waals surface area contributed by atoms with Crippen LogP contribution in [0.2, 0.25) is 0 Å². The molecule has 3 heteroatoms. The van der Waals surface area contributed by atoms with Gasteiger partial charge in [-0.1, -0.05) is 19.8 Å². The molecule has 1 saturated carbocycles. The van der Waals surface area contributed by atoms with Crippen molar-refractivity contribution < 1.29 is 4.74 Å². The van der Waals surface area contributed by atoms with Gasteiger partial charge in [0, 0.05) is 11.5 Å². The van der Waals surface area contributed by atoms with Crippen molar-refractivity contribution in [2.75, 3.05) is 13.7 Å². The lowest BCUT2D eigenvalue weighted by molar-refractivity contribution is -0.0997. The largest absolute Gasteiger partial charge is 0.373 e. The molecule has 1 aliphatic carbocycles. The maximum Gasteiger partial charge on any atom is 0.0886 e. The standard InChI is InChI=1S/C16H27NOS/c1-5-18-16(9-6-7-12(2)11-16)15(17-4)14-13(3)8-10-19-14/h8,10,12,15,17H,5-7,9,11H2,1-4H3. The zero-order chi connectivity index (χ0) is 13.9. The molecule has 1 N–H and O–H groups in total. The fourth-order valence-electron chi connectivity index (χ4n) is 3.62. The summed E-state index contributed by atoms with van der Waals surface area (Å²) in [6, 6.07) is 2.55. The number of rotatable bonds is 5. The maximum absolute atomic E-state index is 6.32. The Morgan fingerprint density at radius 1 is 1.58 bits per heavy atom. The zero-order valence-electron chi connectivity index (χ0n) is 12.7. The molecule has 1 aliphatic rings. The average molecular weight is 281 g/mol. The van der Waals surface area contributed by atoms with Crippen LogP contribution in [0.5, 0.6) is 0 Å². The molecular weight excluding hydrogens is 254 g/mol. The van der Waals surface area contributed by atoms with Gasteiger partial charge in [0.15, 0.2) is 0 Å². The first-order valence-corrected chi connectivity index (χ1v) is 8.36. The minimum atomic E-state index is -0.0171. The quantitative estimate of drug-likeness (QED) is 0.868. The highest BCUT2D eigenvalue weighted by Gasteiger charge is 2.43. The lowest BCUT2D eigenvalue weighted by Gasteiger charge is -2.45. The second kappa shape index (κ2) is 6.38. The smallest absolute Gasteiger partial charge is 0.0886 e. The highest BCUT2D eigenvalue weighted by atomic mass is 32.1. The number of thiophene rings is 1. The van der Waals surface area contributed by atoms with Crippen LogP contribution < -0.4 is 5.32 Å². The highest BCUT2D eigenvalue weighted by Crippen LogP contribution is 2.45. The van der Waals surface area contributed by atoms with Crippen molar-refractivity contribution in [2.24, 2.45) is 5.92 Å². The molecule has 0 aromatic carbocycles. The van der Waals surface area contributed by atoms with Gasteiger partial charge in [-0.05, 0) is 56.7 Å². The van der Waals surface area contributed by atoms with Gasteiger partial charge in [0.1, 0.15) is 0 Å². The van der Waals surface area contributed by atoms with E-state index in [2.05, 4.69) is 44.6 Å². The van der Waals surface area contributed by atoms with E-state index >= 15 is 0 Å². The molecule has 1 heterocycles. The van der Waals surface area contributed by atoms with Crippen molar-refractivity contribution in [1.82, 2.24) is 5.32 Å². The molecule has 0 saturated heterocycles. The van der Waals surface area contributed by atoms with Crippen molar-refractivity contribution >= 4 is 11.3 Å². The van der Waals surface area contributed by atoms with Crippen LogP contribution in [0.15, 0.2) is 11.4 Å². The molecule has 0 spiro atoms. The van der Waals surface area contributed by atoms with Gasteiger partial charge in [-0.15, -0.1) is 11.3 Å². The van der Waals surface area contributed by atoms with E-state index in [4.69, 9.17) is 4.74 Å². The van der Waals surface area contributed by atoms with Gasteiger partial charge in [0.25, 0.3) is 0 Å². The van der Waals surface area contributed by atoms with E-state index in [9.17, 15) is 0 Å². The third-order valence-corrected chi connectivity index (χ3v) is 5.49. The molecule has 0 aliphatic heterocycles. The summed E-state index contributed by atoms with van der Waals surface area (Å²) in [5.74, 6) is 0.761. The topological polar surface area (TPSA) is 21.3 Å². The third-order valence-electron chi connectivity index (χ3n) is 4.40. The molecule has 3 atom stereocenters. The minimum absolute atomic E-state index is 0.0171. The van der Waals surface area contributed by atoms with E-state index in [1.165, 1.54) is 36.1 Å². The van der Waals surface area contributed by atoms with Gasteiger partial charge in [-0.3, -0.25) is 0 Å². The van der Waals surface area contributed by atoms with E-state index in [0.29, 0.717) is 6.04 Å². The maximum atomic E-state index is 6.32. The van der Waals surface area contributed by atoms with Gasteiger partial charge in [0.2, 0.25) is 0 Å². The normalized spacial score (nSPS) is 29.4. The van der Waals surface area contributed by atoms with Crippen LogP contribution in [0, 0.1) is 12.8 Å². The predicted octanol–water partition coefficient (Wildman–Crippen LogP) is 4.30. The van der Waals surface area contributed by atoms with Crippen LogP contribution in [0.3, 0.4) is 0 Å². The Labute approximate surface area is 121 Å². The number of likely N-dealkylation sites (N-methyl/N-ethyl adjacent to an activating group) is 1. The summed E-state index contributed by atoms with van der Waals surface area (Å²) in [7, 11) is 2.07. The lowest BCUT2D eigenvalue weighted by Crippen LogP contribution is -2.48. The molecule has 0 radical (unpaired) electrons. The van der Waals surface area contributed by atoms with Gasteiger partial charge >= 0.3 is 0 Å². The number of hydrogen-bond donors (Lipinski definition) is 1. The highest BCUT2D eigenvalue weighted by molar-refractivity contribution is 7.10. The summed E-state index contributed by atoms with van der Waals surface area (Å²) in [5.41, 5.74) is 1.37.